The van der Waals surface area contributed by atoms with E-state index >= 15 is 0 Å². The van der Waals surface area contributed by atoms with Gasteiger partial charge in [0.05, 0.1) is 6.54 Å². The van der Waals surface area contributed by atoms with Crippen LogP contribution in [0.1, 0.15) is 11.5 Å². The van der Waals surface area contributed by atoms with E-state index in [9.17, 15) is 8.78 Å². The van der Waals surface area contributed by atoms with Gasteiger partial charge >= 0.3 is 0 Å². The highest BCUT2D eigenvalue weighted by Crippen LogP contribution is 2.22. The number of anilines is 2. The zero-order valence-corrected chi connectivity index (χ0v) is 10.6. The van der Waals surface area contributed by atoms with Gasteiger partial charge in [0.15, 0.2) is 23.3 Å². The second kappa shape index (κ2) is 5.23. The molecule has 0 saturated heterocycles. The number of aromatic nitrogens is 1. The molecule has 0 unspecified atom stereocenters. The number of halogens is 2. The topological polar surface area (TPSA) is 67.3 Å². The number of hydrazine groups is 1. The Morgan fingerprint density at radius 3 is 2.68 bits per heavy atom. The number of pyridine rings is 1. The second-order valence-electron chi connectivity index (χ2n) is 4.14. The molecule has 0 radical (unpaired) electrons. The molecule has 0 saturated carbocycles. The van der Waals surface area contributed by atoms with E-state index in [0.29, 0.717) is 12.3 Å². The Morgan fingerprint density at radius 1 is 1.37 bits per heavy atom. The van der Waals surface area contributed by atoms with Crippen molar-refractivity contribution in [1.82, 2.24) is 4.98 Å². The Balaban J connectivity index is 2.25. The van der Waals surface area contributed by atoms with Crippen LogP contribution in [0.3, 0.4) is 0 Å². The summed E-state index contributed by atoms with van der Waals surface area (Å²) in [4.78, 5) is 5.30. The second-order valence-corrected chi connectivity index (χ2v) is 4.14. The maximum atomic E-state index is 13.7. The lowest BCUT2D eigenvalue weighted by molar-refractivity contribution is 0.479. The molecule has 0 fully saturated rings. The van der Waals surface area contributed by atoms with Crippen molar-refractivity contribution in [2.45, 2.75) is 13.5 Å². The molecule has 0 spiro atoms. The van der Waals surface area contributed by atoms with Crippen molar-refractivity contribution in [3.05, 3.63) is 41.4 Å². The van der Waals surface area contributed by atoms with E-state index in [1.807, 2.05) is 13.0 Å². The average Bonchev–Trinajstić information content (AvgIpc) is 2.74. The maximum absolute atomic E-state index is 13.7. The first-order valence-electron chi connectivity index (χ1n) is 5.60. The first-order valence-corrected chi connectivity index (χ1v) is 5.60. The van der Waals surface area contributed by atoms with Crippen LogP contribution in [0.2, 0.25) is 0 Å². The summed E-state index contributed by atoms with van der Waals surface area (Å²) in [6, 6.07) is 4.33. The van der Waals surface area contributed by atoms with Gasteiger partial charge in [0.2, 0.25) is 0 Å². The largest absolute Gasteiger partial charge is 0.464 e. The molecule has 7 heteroatoms. The van der Waals surface area contributed by atoms with E-state index < -0.39 is 11.6 Å². The van der Waals surface area contributed by atoms with Crippen molar-refractivity contribution in [2.75, 3.05) is 17.4 Å². The zero-order chi connectivity index (χ0) is 14.0. The Labute approximate surface area is 109 Å². The minimum absolute atomic E-state index is 0.0107. The molecule has 2 rings (SSSR count). The molecule has 0 bridgehead atoms. The third-order valence-corrected chi connectivity index (χ3v) is 2.60. The third kappa shape index (κ3) is 2.82. The molecule has 2 aromatic rings. The number of aryl methyl sites for hydroxylation is 1. The number of nitrogens with zero attached hydrogens (tertiary/aromatic N) is 2. The summed E-state index contributed by atoms with van der Waals surface area (Å²) in [6.45, 7) is 2.13. The van der Waals surface area contributed by atoms with Crippen molar-refractivity contribution >= 4 is 11.6 Å². The van der Waals surface area contributed by atoms with E-state index in [4.69, 9.17) is 10.3 Å². The average molecular weight is 268 g/mol. The molecule has 102 valence electrons. The quantitative estimate of drug-likeness (QED) is 0.657. The molecule has 0 aliphatic rings. The Hall–Kier alpha value is -2.15. The van der Waals surface area contributed by atoms with E-state index in [-0.39, 0.29) is 11.6 Å². The summed E-state index contributed by atoms with van der Waals surface area (Å²) in [5.41, 5.74) is 2.08. The van der Waals surface area contributed by atoms with Crippen LogP contribution < -0.4 is 16.2 Å². The fourth-order valence-corrected chi connectivity index (χ4v) is 1.70. The third-order valence-electron chi connectivity index (χ3n) is 2.60. The first kappa shape index (κ1) is 13.3. The van der Waals surface area contributed by atoms with Gasteiger partial charge in [-0.05, 0) is 19.1 Å². The normalized spacial score (nSPS) is 10.6. The number of hydrogen-bond acceptors (Lipinski definition) is 5. The van der Waals surface area contributed by atoms with Gasteiger partial charge in [0.25, 0.3) is 0 Å². The van der Waals surface area contributed by atoms with Crippen molar-refractivity contribution in [1.29, 1.82) is 0 Å². The van der Waals surface area contributed by atoms with Gasteiger partial charge in [0, 0.05) is 13.1 Å². The number of nitrogens with one attached hydrogen (secondary N) is 1. The van der Waals surface area contributed by atoms with Crippen LogP contribution in [0.4, 0.5) is 20.4 Å². The molecule has 0 aromatic carbocycles. The first-order chi connectivity index (χ1) is 9.01. The molecule has 2 heterocycles. The Morgan fingerprint density at radius 2 is 2.11 bits per heavy atom. The number of nitrogens with two attached hydrogens (primary N) is 1. The fraction of sp³-hybridized carbons (Fsp3) is 0.250. The molecule has 2 aromatic heterocycles. The van der Waals surface area contributed by atoms with Crippen LogP contribution in [-0.4, -0.2) is 12.0 Å². The SMILES string of the molecule is Cc1ccc(CN(C)c2nc(NN)c(F)cc2F)o1. The summed E-state index contributed by atoms with van der Waals surface area (Å²) in [5.74, 6) is 4.71. The van der Waals surface area contributed by atoms with Crippen LogP contribution in [0.15, 0.2) is 22.6 Å². The van der Waals surface area contributed by atoms with Crippen LogP contribution in [0.25, 0.3) is 0 Å². The lowest BCUT2D eigenvalue weighted by atomic mass is 10.3. The smallest absolute Gasteiger partial charge is 0.178 e. The van der Waals surface area contributed by atoms with E-state index in [2.05, 4.69) is 10.4 Å². The maximum Gasteiger partial charge on any atom is 0.178 e. The van der Waals surface area contributed by atoms with Crippen LogP contribution in [-0.2, 0) is 6.54 Å². The van der Waals surface area contributed by atoms with Crippen LogP contribution >= 0.6 is 0 Å². The van der Waals surface area contributed by atoms with Crippen molar-refractivity contribution in [3.8, 4) is 0 Å². The number of furan rings is 1. The summed E-state index contributed by atoms with van der Waals surface area (Å²) in [7, 11) is 1.63. The highest BCUT2D eigenvalue weighted by atomic mass is 19.1. The monoisotopic (exact) mass is 268 g/mol. The molecule has 5 nitrogen and oxygen atoms in total. The van der Waals surface area contributed by atoms with E-state index in [0.717, 1.165) is 11.8 Å². The van der Waals surface area contributed by atoms with E-state index in [1.165, 1.54) is 4.90 Å². The minimum Gasteiger partial charge on any atom is -0.464 e. The summed E-state index contributed by atoms with van der Waals surface area (Å²) < 4.78 is 32.3. The lowest BCUT2D eigenvalue weighted by Crippen LogP contribution is -2.21. The zero-order valence-electron chi connectivity index (χ0n) is 10.6. The molecule has 0 amide bonds. The number of hydrogen-bond donors (Lipinski definition) is 2. The van der Waals surface area contributed by atoms with Crippen molar-refractivity contribution in [3.63, 3.8) is 0 Å². The summed E-state index contributed by atoms with van der Waals surface area (Å²) in [5, 5.41) is 0. The van der Waals surface area contributed by atoms with Gasteiger partial charge in [0.1, 0.15) is 11.5 Å². The standard InChI is InChI=1S/C12H14F2N4O/c1-7-3-4-8(19-7)6-18(2)12-10(14)5-9(13)11(16-12)17-15/h3-5H,6,15H2,1-2H3,(H,16,17). The highest BCUT2D eigenvalue weighted by molar-refractivity contribution is 5.48. The molecule has 0 aliphatic heterocycles. The van der Waals surface area contributed by atoms with Crippen LogP contribution in [0, 0.1) is 18.6 Å². The van der Waals surface area contributed by atoms with Gasteiger partial charge < -0.3 is 14.7 Å². The van der Waals surface area contributed by atoms with Gasteiger partial charge in [-0.1, -0.05) is 0 Å². The molecule has 0 aliphatic carbocycles. The number of nitrogen functional groups attached to an aromatic ring is 1. The highest BCUT2D eigenvalue weighted by Gasteiger charge is 2.15. The summed E-state index contributed by atoms with van der Waals surface area (Å²) in [6.07, 6.45) is 0. The number of rotatable bonds is 4. The fourth-order valence-electron chi connectivity index (χ4n) is 1.70. The predicted molar refractivity (Wildman–Crippen MR) is 67.5 cm³/mol. The molecular weight excluding hydrogens is 254 g/mol. The molecule has 0 atom stereocenters. The summed E-state index contributed by atoms with van der Waals surface area (Å²) >= 11 is 0. The van der Waals surface area contributed by atoms with Gasteiger partial charge in [-0.3, -0.25) is 0 Å². The molecular formula is C12H14F2N4O. The minimum atomic E-state index is -0.842. The van der Waals surface area contributed by atoms with Crippen LogP contribution in [0.5, 0.6) is 0 Å². The predicted octanol–water partition coefficient (Wildman–Crippen LogP) is 2.18. The van der Waals surface area contributed by atoms with Gasteiger partial charge in [-0.25, -0.2) is 19.6 Å². The van der Waals surface area contributed by atoms with Crippen molar-refractivity contribution in [2.24, 2.45) is 5.84 Å². The van der Waals surface area contributed by atoms with Crippen molar-refractivity contribution < 1.29 is 13.2 Å². The molecule has 3 N–H and O–H groups in total. The molecule has 19 heavy (non-hydrogen) atoms. The van der Waals surface area contributed by atoms with Gasteiger partial charge in [-0.15, -0.1) is 0 Å². The lowest BCUT2D eigenvalue weighted by Gasteiger charge is -2.18. The van der Waals surface area contributed by atoms with E-state index in [1.54, 1.807) is 13.1 Å². The Kier molecular flexibility index (Phi) is 3.66. The Bertz CT molecular complexity index is 585. The van der Waals surface area contributed by atoms with Gasteiger partial charge in [-0.2, -0.15) is 0 Å².